The molecule has 1 rings (SSSR count). The summed E-state index contributed by atoms with van der Waals surface area (Å²) < 4.78 is 11.2. The van der Waals surface area contributed by atoms with E-state index in [0.29, 0.717) is 13.2 Å². The monoisotopic (exact) mass is 247 g/mol. The molecule has 0 aromatic heterocycles. The molecule has 0 aliphatic carbocycles. The Labute approximate surface area is 109 Å². The lowest BCUT2D eigenvalue weighted by Gasteiger charge is -2.15. The van der Waals surface area contributed by atoms with Crippen LogP contribution in [0.25, 0.3) is 0 Å². The maximum Gasteiger partial charge on any atom is 0.161 e. The van der Waals surface area contributed by atoms with E-state index in [0.717, 1.165) is 24.3 Å². The second kappa shape index (κ2) is 6.90. The minimum atomic E-state index is -0.275. The van der Waals surface area contributed by atoms with Gasteiger partial charge in [-0.1, -0.05) is 12.1 Å². The van der Waals surface area contributed by atoms with Crippen molar-refractivity contribution in [3.8, 4) is 17.6 Å². The smallest absolute Gasteiger partial charge is 0.161 e. The molecule has 0 bridgehead atoms. The Hall–Kier alpha value is -1.69. The lowest BCUT2D eigenvalue weighted by atomic mass is 9.90. The molecule has 0 saturated heterocycles. The van der Waals surface area contributed by atoms with Crippen molar-refractivity contribution in [2.24, 2.45) is 5.41 Å². The Morgan fingerprint density at radius 2 is 1.78 bits per heavy atom. The summed E-state index contributed by atoms with van der Waals surface area (Å²) in [6.45, 7) is 7.07. The van der Waals surface area contributed by atoms with Crippen molar-refractivity contribution in [3.63, 3.8) is 0 Å². The van der Waals surface area contributed by atoms with Crippen molar-refractivity contribution in [1.82, 2.24) is 0 Å². The minimum Gasteiger partial charge on any atom is -0.490 e. The molecule has 0 saturated carbocycles. The molecule has 3 heteroatoms. The molecule has 0 radical (unpaired) electrons. The highest BCUT2D eigenvalue weighted by atomic mass is 16.5. The zero-order chi connectivity index (χ0) is 13.4. The third-order valence-corrected chi connectivity index (χ3v) is 2.66. The molecule has 0 aliphatic rings. The maximum atomic E-state index is 8.91. The van der Waals surface area contributed by atoms with Gasteiger partial charge in [0, 0.05) is 0 Å². The van der Waals surface area contributed by atoms with E-state index in [-0.39, 0.29) is 5.41 Å². The summed E-state index contributed by atoms with van der Waals surface area (Å²) in [6, 6.07) is 9.95. The van der Waals surface area contributed by atoms with E-state index in [1.54, 1.807) is 0 Å². The Balaban J connectivity index is 2.42. The van der Waals surface area contributed by atoms with Gasteiger partial charge in [0.25, 0.3) is 0 Å². The fourth-order valence-corrected chi connectivity index (χ4v) is 1.60. The summed E-state index contributed by atoms with van der Waals surface area (Å²) in [5.74, 6) is 1.55. The SMILES string of the molecule is CCOc1ccccc1OCCCC(C)(C)C#N. The van der Waals surface area contributed by atoms with Crippen LogP contribution in [0, 0.1) is 16.7 Å². The summed E-state index contributed by atoms with van der Waals surface area (Å²) in [6.07, 6.45) is 1.70. The molecule has 0 atom stereocenters. The maximum absolute atomic E-state index is 8.91. The molecule has 1 aromatic rings. The van der Waals surface area contributed by atoms with Crippen LogP contribution in [0.15, 0.2) is 24.3 Å². The van der Waals surface area contributed by atoms with Gasteiger partial charge in [-0.05, 0) is 45.7 Å². The predicted octanol–water partition coefficient (Wildman–Crippen LogP) is 3.79. The normalized spacial score (nSPS) is 10.8. The summed E-state index contributed by atoms with van der Waals surface area (Å²) in [5.41, 5.74) is -0.275. The second-order valence-corrected chi connectivity index (χ2v) is 4.83. The number of ether oxygens (including phenoxy) is 2. The predicted molar refractivity (Wildman–Crippen MR) is 71.7 cm³/mol. The first-order chi connectivity index (χ1) is 8.59. The number of nitrogens with zero attached hydrogens (tertiary/aromatic N) is 1. The number of hydrogen-bond donors (Lipinski definition) is 0. The van der Waals surface area contributed by atoms with Crippen LogP contribution in [-0.2, 0) is 0 Å². The Kier molecular flexibility index (Phi) is 5.51. The standard InChI is InChI=1S/C15H21NO2/c1-4-17-13-8-5-6-9-14(13)18-11-7-10-15(2,3)12-16/h5-6,8-9H,4,7,10-11H2,1-3H3. The fraction of sp³-hybridized carbons (Fsp3) is 0.533. The molecular weight excluding hydrogens is 226 g/mol. The van der Waals surface area contributed by atoms with Gasteiger partial charge in [-0.15, -0.1) is 0 Å². The van der Waals surface area contributed by atoms with Crippen molar-refractivity contribution < 1.29 is 9.47 Å². The topological polar surface area (TPSA) is 42.2 Å². The molecule has 98 valence electrons. The second-order valence-electron chi connectivity index (χ2n) is 4.83. The molecule has 0 spiro atoms. The highest BCUT2D eigenvalue weighted by Crippen LogP contribution is 2.27. The third-order valence-electron chi connectivity index (χ3n) is 2.66. The fourth-order valence-electron chi connectivity index (χ4n) is 1.60. The van der Waals surface area contributed by atoms with E-state index in [1.165, 1.54) is 0 Å². The van der Waals surface area contributed by atoms with E-state index in [9.17, 15) is 0 Å². The molecule has 0 unspecified atom stereocenters. The van der Waals surface area contributed by atoms with Gasteiger partial charge in [-0.2, -0.15) is 5.26 Å². The van der Waals surface area contributed by atoms with E-state index in [2.05, 4.69) is 6.07 Å². The van der Waals surface area contributed by atoms with E-state index in [1.807, 2.05) is 45.0 Å². The van der Waals surface area contributed by atoms with Crippen molar-refractivity contribution in [2.45, 2.75) is 33.6 Å². The van der Waals surface area contributed by atoms with Gasteiger partial charge >= 0.3 is 0 Å². The average molecular weight is 247 g/mol. The molecule has 18 heavy (non-hydrogen) atoms. The molecule has 0 heterocycles. The highest BCUT2D eigenvalue weighted by molar-refractivity contribution is 5.39. The molecule has 0 amide bonds. The van der Waals surface area contributed by atoms with Crippen LogP contribution in [0.5, 0.6) is 11.5 Å². The van der Waals surface area contributed by atoms with Gasteiger partial charge in [0.15, 0.2) is 11.5 Å². The van der Waals surface area contributed by atoms with Crippen molar-refractivity contribution in [2.75, 3.05) is 13.2 Å². The first-order valence-electron chi connectivity index (χ1n) is 6.35. The van der Waals surface area contributed by atoms with Gasteiger partial charge in [0.1, 0.15) is 0 Å². The molecule has 3 nitrogen and oxygen atoms in total. The molecular formula is C15H21NO2. The zero-order valence-electron chi connectivity index (χ0n) is 11.4. The molecule has 0 aliphatic heterocycles. The van der Waals surface area contributed by atoms with Crippen LogP contribution in [0.1, 0.15) is 33.6 Å². The quantitative estimate of drug-likeness (QED) is 0.688. The Morgan fingerprint density at radius 1 is 1.17 bits per heavy atom. The van der Waals surface area contributed by atoms with Crippen LogP contribution in [-0.4, -0.2) is 13.2 Å². The van der Waals surface area contributed by atoms with Crippen LogP contribution in [0.2, 0.25) is 0 Å². The van der Waals surface area contributed by atoms with Crippen LogP contribution in [0.4, 0.5) is 0 Å². The van der Waals surface area contributed by atoms with Gasteiger partial charge in [0.05, 0.1) is 24.7 Å². The lowest BCUT2D eigenvalue weighted by molar-refractivity contribution is 0.259. The molecule has 0 fully saturated rings. The summed E-state index contributed by atoms with van der Waals surface area (Å²) in [7, 11) is 0. The highest BCUT2D eigenvalue weighted by Gasteiger charge is 2.15. The summed E-state index contributed by atoms with van der Waals surface area (Å²) in [5, 5.41) is 8.91. The van der Waals surface area contributed by atoms with Crippen LogP contribution < -0.4 is 9.47 Å². The minimum absolute atomic E-state index is 0.275. The van der Waals surface area contributed by atoms with Gasteiger partial charge in [-0.3, -0.25) is 0 Å². The Bertz CT molecular complexity index is 407. The van der Waals surface area contributed by atoms with Crippen molar-refractivity contribution >= 4 is 0 Å². The number of para-hydroxylation sites is 2. The largest absolute Gasteiger partial charge is 0.490 e. The van der Waals surface area contributed by atoms with Gasteiger partial charge in [-0.25, -0.2) is 0 Å². The summed E-state index contributed by atoms with van der Waals surface area (Å²) in [4.78, 5) is 0. The first kappa shape index (κ1) is 14.4. The molecule has 0 N–H and O–H groups in total. The van der Waals surface area contributed by atoms with E-state index >= 15 is 0 Å². The molecule has 1 aromatic carbocycles. The van der Waals surface area contributed by atoms with Crippen LogP contribution >= 0.6 is 0 Å². The zero-order valence-corrected chi connectivity index (χ0v) is 11.4. The summed E-state index contributed by atoms with van der Waals surface area (Å²) >= 11 is 0. The number of rotatable bonds is 7. The number of nitriles is 1. The number of hydrogen-bond acceptors (Lipinski definition) is 3. The Morgan fingerprint density at radius 3 is 2.33 bits per heavy atom. The van der Waals surface area contributed by atoms with Crippen molar-refractivity contribution in [1.29, 1.82) is 5.26 Å². The third kappa shape index (κ3) is 4.67. The average Bonchev–Trinajstić information content (AvgIpc) is 2.37. The van der Waals surface area contributed by atoms with E-state index in [4.69, 9.17) is 14.7 Å². The lowest BCUT2D eigenvalue weighted by Crippen LogP contribution is -2.10. The first-order valence-corrected chi connectivity index (χ1v) is 6.35. The van der Waals surface area contributed by atoms with Crippen LogP contribution in [0.3, 0.4) is 0 Å². The van der Waals surface area contributed by atoms with Gasteiger partial charge < -0.3 is 9.47 Å². The number of benzene rings is 1. The van der Waals surface area contributed by atoms with Crippen molar-refractivity contribution in [3.05, 3.63) is 24.3 Å². The van der Waals surface area contributed by atoms with E-state index < -0.39 is 0 Å². The van der Waals surface area contributed by atoms with Gasteiger partial charge in [0.2, 0.25) is 0 Å².